The summed E-state index contributed by atoms with van der Waals surface area (Å²) in [4.78, 5) is 14.3. The molecule has 0 radical (unpaired) electrons. The minimum absolute atomic E-state index is 0.0590. The molecule has 6 rings (SSSR count). The van der Waals surface area contributed by atoms with Crippen LogP contribution in [0, 0.1) is 11.6 Å². The molecule has 1 fully saturated rings. The molecule has 14 heteroatoms. The molecule has 0 saturated carbocycles. The number of thiazole rings is 1. The number of nitrogens with one attached hydrogen (secondary N) is 1. The van der Waals surface area contributed by atoms with Gasteiger partial charge in [0.05, 0.1) is 35.6 Å². The average molecular weight is 642 g/mol. The molecular weight excluding hydrogens is 620 g/mol. The van der Waals surface area contributed by atoms with Crippen molar-refractivity contribution in [3.63, 3.8) is 0 Å². The van der Waals surface area contributed by atoms with Gasteiger partial charge in [-0.3, -0.25) is 9.71 Å². The number of hydrogen-bond acceptors (Lipinski definition) is 9. The number of rotatable bonds is 8. The normalized spacial score (nSPS) is 13.6. The van der Waals surface area contributed by atoms with Gasteiger partial charge >= 0.3 is 0 Å². The summed E-state index contributed by atoms with van der Waals surface area (Å²) in [7, 11) is -4.32. The highest BCUT2D eigenvalue weighted by Gasteiger charge is 2.24. The van der Waals surface area contributed by atoms with Gasteiger partial charge in [-0.1, -0.05) is 23.7 Å². The number of pyridine rings is 2. The third-order valence-electron chi connectivity index (χ3n) is 6.55. The number of halogens is 3. The van der Waals surface area contributed by atoms with Gasteiger partial charge in [-0.2, -0.15) is 0 Å². The molecule has 9 nitrogen and oxygen atoms in total. The van der Waals surface area contributed by atoms with Gasteiger partial charge in [-0.05, 0) is 42.0 Å². The van der Waals surface area contributed by atoms with Gasteiger partial charge < -0.3 is 14.4 Å². The van der Waals surface area contributed by atoms with Crippen LogP contribution in [0.5, 0.6) is 11.5 Å². The molecule has 0 amide bonds. The highest BCUT2D eigenvalue weighted by Crippen LogP contribution is 2.40. The number of aromatic nitrogens is 3. The molecule has 0 bridgehead atoms. The van der Waals surface area contributed by atoms with Crippen LogP contribution in [-0.4, -0.2) is 49.7 Å². The lowest BCUT2D eigenvalue weighted by atomic mass is 10.0. The molecule has 0 unspecified atom stereocenters. The Labute approximate surface area is 254 Å². The summed E-state index contributed by atoms with van der Waals surface area (Å²) in [6.45, 7) is 2.50. The van der Waals surface area contributed by atoms with Crippen molar-refractivity contribution >= 4 is 44.6 Å². The maximum Gasteiger partial charge on any atom is 0.266 e. The van der Waals surface area contributed by atoms with Crippen LogP contribution in [0.25, 0.3) is 22.4 Å². The Hall–Kier alpha value is -4.17. The lowest BCUT2D eigenvalue weighted by Crippen LogP contribution is -2.36. The van der Waals surface area contributed by atoms with E-state index in [-0.39, 0.29) is 22.3 Å². The number of anilines is 2. The van der Waals surface area contributed by atoms with Crippen molar-refractivity contribution in [2.45, 2.75) is 4.90 Å². The van der Waals surface area contributed by atoms with E-state index >= 15 is 4.39 Å². The standard InChI is InChI=1S/C29H22ClF2N5O4S2/c30-22-13-27(43(38,39)36-28-16-42-17-35-28)23(32)14-25(22)41-26-15-34-24(19-2-1-3-20(31)10-19)12-21(26)18-4-5-33-29(11-18)37-6-8-40-9-7-37/h1-5,10-17,36H,6-9H2. The lowest BCUT2D eigenvalue weighted by molar-refractivity contribution is 0.122. The van der Waals surface area contributed by atoms with Crippen molar-refractivity contribution in [3.05, 3.63) is 94.5 Å². The number of ether oxygens (including phenoxy) is 2. The summed E-state index contributed by atoms with van der Waals surface area (Å²) >= 11 is 7.60. The Bertz CT molecular complexity index is 1890. The van der Waals surface area contributed by atoms with Crippen LogP contribution < -0.4 is 14.4 Å². The summed E-state index contributed by atoms with van der Waals surface area (Å²) < 4.78 is 68.6. The SMILES string of the molecule is O=S(=O)(Nc1cscn1)c1cc(Cl)c(Oc2cnc(-c3cccc(F)c3)cc2-c2ccnc(N3CCOCC3)c2)cc1F. The van der Waals surface area contributed by atoms with E-state index in [1.54, 1.807) is 30.5 Å². The smallest absolute Gasteiger partial charge is 0.266 e. The van der Waals surface area contributed by atoms with Crippen LogP contribution in [-0.2, 0) is 14.8 Å². The van der Waals surface area contributed by atoms with E-state index in [1.165, 1.54) is 40.6 Å². The highest BCUT2D eigenvalue weighted by molar-refractivity contribution is 7.92. The number of nitrogens with zero attached hydrogens (tertiary/aromatic N) is 4. The van der Waals surface area contributed by atoms with E-state index < -0.39 is 26.6 Å². The number of hydrogen-bond donors (Lipinski definition) is 1. The summed E-state index contributed by atoms with van der Waals surface area (Å²) in [5.74, 6) is -0.633. The summed E-state index contributed by atoms with van der Waals surface area (Å²) in [5.41, 5.74) is 3.70. The van der Waals surface area contributed by atoms with Gasteiger partial charge in [0.25, 0.3) is 10.0 Å². The molecule has 220 valence electrons. The van der Waals surface area contributed by atoms with E-state index in [4.69, 9.17) is 21.1 Å². The van der Waals surface area contributed by atoms with Crippen LogP contribution in [0.4, 0.5) is 20.4 Å². The number of morpholine rings is 1. The van der Waals surface area contributed by atoms with Gasteiger partial charge in [0.2, 0.25) is 0 Å². The first kappa shape index (κ1) is 28.9. The Morgan fingerprint density at radius 3 is 2.58 bits per heavy atom. The van der Waals surface area contributed by atoms with E-state index in [1.807, 2.05) is 6.07 Å². The third kappa shape index (κ3) is 6.44. The van der Waals surface area contributed by atoms with Crippen molar-refractivity contribution in [1.29, 1.82) is 0 Å². The van der Waals surface area contributed by atoms with Crippen LogP contribution in [0.2, 0.25) is 5.02 Å². The molecule has 3 aromatic heterocycles. The minimum Gasteiger partial charge on any atom is -0.453 e. The predicted octanol–water partition coefficient (Wildman–Crippen LogP) is 6.63. The molecule has 5 aromatic rings. The second kappa shape index (κ2) is 12.2. The van der Waals surface area contributed by atoms with Gasteiger partial charge in [0.15, 0.2) is 11.6 Å². The van der Waals surface area contributed by atoms with Crippen molar-refractivity contribution in [2.75, 3.05) is 35.9 Å². The molecule has 1 saturated heterocycles. The Morgan fingerprint density at radius 2 is 1.81 bits per heavy atom. The van der Waals surface area contributed by atoms with Gasteiger partial charge in [0, 0.05) is 41.9 Å². The minimum atomic E-state index is -4.32. The summed E-state index contributed by atoms with van der Waals surface area (Å²) in [5, 5.41) is 1.32. The zero-order chi connectivity index (χ0) is 30.0. The Morgan fingerprint density at radius 1 is 0.977 bits per heavy atom. The number of benzene rings is 2. The molecule has 2 aromatic carbocycles. The summed E-state index contributed by atoms with van der Waals surface area (Å²) in [6, 6.07) is 13.3. The first-order valence-corrected chi connectivity index (χ1v) is 15.7. The summed E-state index contributed by atoms with van der Waals surface area (Å²) in [6.07, 6.45) is 3.08. The van der Waals surface area contributed by atoms with Crippen molar-refractivity contribution < 1.29 is 26.7 Å². The molecule has 1 aliphatic heterocycles. The Kier molecular flexibility index (Phi) is 8.21. The topological polar surface area (TPSA) is 107 Å². The van der Waals surface area contributed by atoms with E-state index in [2.05, 4.69) is 24.6 Å². The monoisotopic (exact) mass is 641 g/mol. The van der Waals surface area contributed by atoms with Crippen molar-refractivity contribution in [3.8, 4) is 33.9 Å². The first-order valence-electron chi connectivity index (χ1n) is 12.9. The van der Waals surface area contributed by atoms with E-state index in [9.17, 15) is 12.8 Å². The van der Waals surface area contributed by atoms with Crippen LogP contribution in [0.3, 0.4) is 0 Å². The molecule has 0 aliphatic carbocycles. The van der Waals surface area contributed by atoms with Gasteiger partial charge in [-0.25, -0.2) is 27.2 Å². The lowest BCUT2D eigenvalue weighted by Gasteiger charge is -2.28. The first-order chi connectivity index (χ1) is 20.8. The maximum absolute atomic E-state index is 15.2. The van der Waals surface area contributed by atoms with E-state index in [0.717, 1.165) is 18.0 Å². The van der Waals surface area contributed by atoms with Gasteiger partial charge in [0.1, 0.15) is 28.1 Å². The average Bonchev–Trinajstić information content (AvgIpc) is 3.52. The van der Waals surface area contributed by atoms with Crippen molar-refractivity contribution in [1.82, 2.24) is 15.0 Å². The fourth-order valence-electron chi connectivity index (χ4n) is 4.48. The Balaban J connectivity index is 1.39. The molecule has 1 aliphatic rings. The zero-order valence-electron chi connectivity index (χ0n) is 22.2. The molecule has 4 heterocycles. The van der Waals surface area contributed by atoms with Gasteiger partial charge in [-0.15, -0.1) is 11.3 Å². The second-order valence-corrected chi connectivity index (χ2v) is 12.1. The quantitative estimate of drug-likeness (QED) is 0.201. The highest BCUT2D eigenvalue weighted by atomic mass is 35.5. The van der Waals surface area contributed by atoms with Crippen LogP contribution in [0.1, 0.15) is 0 Å². The fourth-order valence-corrected chi connectivity index (χ4v) is 6.39. The second-order valence-electron chi connectivity index (χ2n) is 9.37. The molecule has 43 heavy (non-hydrogen) atoms. The van der Waals surface area contributed by atoms with Crippen molar-refractivity contribution in [2.24, 2.45) is 0 Å². The van der Waals surface area contributed by atoms with Crippen LogP contribution >= 0.6 is 22.9 Å². The third-order valence-corrected chi connectivity index (χ3v) is 8.80. The molecular formula is C29H22ClF2N5O4S2. The molecule has 0 spiro atoms. The fraction of sp³-hybridized carbons (Fsp3) is 0.138. The van der Waals surface area contributed by atoms with Crippen LogP contribution in [0.15, 0.2) is 82.8 Å². The molecule has 0 atom stereocenters. The predicted molar refractivity (Wildman–Crippen MR) is 160 cm³/mol. The van der Waals surface area contributed by atoms with E-state index in [0.29, 0.717) is 48.7 Å². The largest absolute Gasteiger partial charge is 0.453 e. The number of sulfonamides is 1. The zero-order valence-corrected chi connectivity index (χ0v) is 24.6. The maximum atomic E-state index is 15.2. The molecule has 1 N–H and O–H groups in total.